The van der Waals surface area contributed by atoms with E-state index < -0.39 is 299 Å². The van der Waals surface area contributed by atoms with Crippen molar-refractivity contribution >= 4 is 32.8 Å². The van der Waals surface area contributed by atoms with E-state index in [1.54, 1.807) is 30.3 Å². The third kappa shape index (κ3) is 10.2. The Morgan fingerprint density at radius 2 is 1.18 bits per heavy atom. The van der Waals surface area contributed by atoms with Crippen LogP contribution in [0.2, 0.25) is 0 Å². The van der Waals surface area contributed by atoms with Crippen molar-refractivity contribution in [1.29, 1.82) is 0 Å². The van der Waals surface area contributed by atoms with E-state index in [2.05, 4.69) is 23.4 Å². The van der Waals surface area contributed by atoms with Crippen LogP contribution in [-0.4, -0.2) is 14.1 Å². The van der Waals surface area contributed by atoms with Crippen LogP contribution in [0.1, 0.15) is 129 Å². The monoisotopic (exact) mass is 1370 g/mol. The maximum atomic E-state index is 10.6. The molecular weight excluding hydrogens is 1260 g/mol. The van der Waals surface area contributed by atoms with Gasteiger partial charge in [0.15, 0.2) is 0 Å². The Morgan fingerprint density at radius 1 is 0.517 bits per heavy atom. The summed E-state index contributed by atoms with van der Waals surface area (Å²) in [5.74, 6) is -0.487. The van der Waals surface area contributed by atoms with E-state index in [-0.39, 0.29) is 66.2 Å². The molecule has 14 aromatic rings. The first-order valence-electron chi connectivity index (χ1n) is 49.3. The van der Waals surface area contributed by atoms with Crippen LogP contribution in [0.15, 0.2) is 242 Å². The fraction of sp³-hybridized carbons (Fsp3) is 0.133. The second-order valence-electron chi connectivity index (χ2n) is 20.6. The minimum atomic E-state index is -4.17. The molecule has 5 nitrogen and oxygen atoms in total. The first kappa shape index (κ1) is 25.8. The summed E-state index contributed by atoms with van der Waals surface area (Å²) in [5.41, 5.74) is -24.9. The zero-order valence-corrected chi connectivity index (χ0v) is 48.0. The Balaban J connectivity index is 0.0000144. The molecular formula is C83H66N4OPt-2. The Labute approximate surface area is 599 Å². The molecule has 0 saturated heterocycles. The van der Waals surface area contributed by atoms with Crippen LogP contribution in [0.25, 0.3) is 117 Å². The Kier molecular flexibility index (Phi) is 6.52. The third-order valence-corrected chi connectivity index (χ3v) is 15.0. The molecule has 0 aliphatic heterocycles. The summed E-state index contributed by atoms with van der Waals surface area (Å²) in [6.07, 6.45) is 2.17. The molecule has 0 N–H and O–H groups in total. The summed E-state index contributed by atoms with van der Waals surface area (Å²) in [5, 5.41) is 1.00. The zero-order chi connectivity index (χ0) is 98.3. The first-order chi connectivity index (χ1) is 61.3. The largest absolute Gasteiger partial charge is 0.510 e. The van der Waals surface area contributed by atoms with Gasteiger partial charge >= 0.3 is 0 Å². The number of hydrogen-bond donors (Lipinski definition) is 0. The number of ether oxygens (including phenoxy) is 1. The molecule has 89 heavy (non-hydrogen) atoms. The molecule has 0 amide bonds. The molecule has 6 heteroatoms. The minimum Gasteiger partial charge on any atom is -0.510 e. The molecule has 0 saturated carbocycles. The van der Waals surface area contributed by atoms with Crippen LogP contribution >= 0.6 is 0 Å². The van der Waals surface area contributed by atoms with Gasteiger partial charge in [0.1, 0.15) is 5.82 Å². The number of fused-ring (bicyclic) bond motifs is 5. The van der Waals surface area contributed by atoms with Gasteiger partial charge in [-0.15, -0.1) is 29.7 Å². The van der Waals surface area contributed by atoms with Gasteiger partial charge in [-0.3, -0.25) is 4.57 Å². The van der Waals surface area contributed by atoms with E-state index >= 15 is 0 Å². The van der Waals surface area contributed by atoms with Crippen LogP contribution < -0.4 is 9.30 Å². The number of nitrogens with zero attached hydrogens (tertiary/aromatic N) is 4. The standard InChI is InChI=1S/C83H66N4O.Pt/c1-53-40-70(60-34-38-73-74(46-60)83(7,8)51-82(73,5)6)81(71(41-53)64-44-62(57-24-12-9-13-25-57)43-63(45-64)58-26-14-10-15-27-58)86-52-85(78-47-61(35-39-76(78)86)80-54(2)22-20-23-55(80)3)65-30-21-31-66(48-65)88-67-36-37-69-68-32-18-19-33-75(68)87(77(69)49-67)79-42-56(4)72(50-84-79)59-28-16-11-17-29-59;/h9-47,50H,51H2,1-8H3;/q-2;/i1D3,2D3,3D3,4D3,5D3,6D3,7D3,8D3,9D,10D,11D,12D,13D,14D,15D,16D,17D,24D,25D,26D,27D,28D,29D,34D,38D,43D,44D,45D,46D;. The van der Waals surface area contributed by atoms with Crippen LogP contribution in [0.4, 0.5) is 0 Å². The summed E-state index contributed by atoms with van der Waals surface area (Å²) < 4.78 is 421. The molecule has 1 aliphatic rings. The predicted octanol–water partition coefficient (Wildman–Crippen LogP) is 20.8. The second kappa shape index (κ2) is 22.5. The summed E-state index contributed by atoms with van der Waals surface area (Å²) in [4.78, 5) is 4.63. The Hall–Kier alpha value is -9.67. The second-order valence-corrected chi connectivity index (χ2v) is 20.6. The van der Waals surface area contributed by atoms with Crippen molar-refractivity contribution < 1.29 is 92.1 Å². The number of para-hydroxylation sites is 1. The van der Waals surface area contributed by atoms with Crippen molar-refractivity contribution in [2.24, 2.45) is 0 Å². The van der Waals surface area contributed by atoms with Gasteiger partial charge in [-0.25, -0.2) is 4.98 Å². The molecule has 3 heterocycles. The smallest absolute Gasteiger partial charge is 0.268 e. The molecule has 15 rings (SSSR count). The maximum absolute atomic E-state index is 10.6. The van der Waals surface area contributed by atoms with E-state index in [0.29, 0.717) is 28.4 Å². The number of hydrogen-bond acceptors (Lipinski definition) is 2. The quantitative estimate of drug-likeness (QED) is 0.0956. The van der Waals surface area contributed by atoms with Crippen LogP contribution in [-0.2, 0) is 31.9 Å². The topological polar surface area (TPSA) is 35.9 Å². The maximum Gasteiger partial charge on any atom is 0.268 e. The van der Waals surface area contributed by atoms with Gasteiger partial charge < -0.3 is 13.9 Å². The first-order valence-corrected chi connectivity index (χ1v) is 26.8. The Morgan fingerprint density at radius 3 is 1.89 bits per heavy atom. The van der Waals surface area contributed by atoms with Gasteiger partial charge in [-0.1, -0.05) is 208 Å². The van der Waals surface area contributed by atoms with Crippen molar-refractivity contribution in [3.63, 3.8) is 0 Å². The fourth-order valence-corrected chi connectivity index (χ4v) is 11.2. The fourth-order valence-electron chi connectivity index (χ4n) is 11.2. The number of imidazole rings is 1. The molecule has 3 aromatic heterocycles. The molecule has 11 aromatic carbocycles. The molecule has 0 unspecified atom stereocenters. The molecule has 0 bridgehead atoms. The zero-order valence-electron chi connectivity index (χ0n) is 90.7. The normalized spacial score (nSPS) is 21.6. The van der Waals surface area contributed by atoms with E-state index in [9.17, 15) is 26.0 Å². The van der Waals surface area contributed by atoms with Crippen LogP contribution in [0, 0.1) is 45.9 Å². The molecule has 0 spiro atoms. The van der Waals surface area contributed by atoms with Gasteiger partial charge in [0.2, 0.25) is 0 Å². The average molecular weight is 1380 g/mol. The predicted molar refractivity (Wildman–Crippen MR) is 362 cm³/mol. The van der Waals surface area contributed by atoms with Gasteiger partial charge in [-0.2, -0.15) is 18.2 Å². The van der Waals surface area contributed by atoms with Crippen LogP contribution in [0.5, 0.6) is 11.5 Å². The van der Waals surface area contributed by atoms with Gasteiger partial charge in [0.25, 0.3) is 6.33 Å². The molecule has 0 atom stereocenters. The van der Waals surface area contributed by atoms with Gasteiger partial charge in [0.05, 0.1) is 45.5 Å². The molecule has 0 fully saturated rings. The number of aryl methyl sites for hydroxylation is 4. The van der Waals surface area contributed by atoms with E-state index in [4.69, 9.17) is 40.4 Å². The summed E-state index contributed by atoms with van der Waals surface area (Å²) in [6.45, 7) is -29.5. The third-order valence-electron chi connectivity index (χ3n) is 15.0. The number of aromatic nitrogens is 4. The molecule has 1 aliphatic carbocycles. The van der Waals surface area contributed by atoms with Crippen molar-refractivity contribution in [2.45, 2.75) is 72.1 Å². The van der Waals surface area contributed by atoms with E-state index in [1.807, 2.05) is 0 Å². The SMILES string of the molecule is [2H]c1c([2H])c([2H])c(-c2cnc(-n3c4[c-]c(Oc5[c-]c(-n6[c-][n+](-c7c(-c8c([2H])c(-c9c([2H])c([2H])c([2H])c([2H])c9[2H])c([2H])c(-c9c([2H])c([2H])c([2H])c([2H])c9[2H])c8[2H])cc(C([2H])([2H])[2H])cc7-c7c([2H])c([2H])c8c(c7[2H])C(C([2H])([2H])[2H])(C([2H])([2H])[2H])CC8(C([2H])([2H])[2H])C([2H])([2H])[2H])c7ccc(-c8c(C([2H])([2H])[2H])cccc8C([2H])([2H])[2H])cc76)ccc5)ccc4c4ccccc43)cc2C([2H])([2H])[2H])c([2H])c1[2H].[Pt]. The summed E-state index contributed by atoms with van der Waals surface area (Å²) in [6, 6.07) is 5.97. The van der Waals surface area contributed by atoms with Crippen molar-refractivity contribution in [3.8, 4) is 95.5 Å². The number of pyridine rings is 1. The van der Waals surface area contributed by atoms with E-state index in [0.717, 1.165) is 45.7 Å². The van der Waals surface area contributed by atoms with Gasteiger partial charge in [-0.05, 0) is 181 Å². The average Bonchev–Trinajstić information content (AvgIpc) is 1.49. The van der Waals surface area contributed by atoms with Crippen molar-refractivity contribution in [2.75, 3.05) is 0 Å². The van der Waals surface area contributed by atoms with Gasteiger partial charge in [0, 0.05) is 82.7 Å². The summed E-state index contributed by atoms with van der Waals surface area (Å²) in [7, 11) is 0. The van der Waals surface area contributed by atoms with Crippen molar-refractivity contribution in [1.82, 2.24) is 14.1 Å². The Bertz CT molecular complexity index is 7100. The number of benzene rings is 11. The van der Waals surface area contributed by atoms with Crippen molar-refractivity contribution in [3.05, 3.63) is 294 Å². The number of rotatable bonds is 11. The minimum absolute atomic E-state index is 0. The van der Waals surface area contributed by atoms with Crippen LogP contribution in [0.3, 0.4) is 0 Å². The molecule has 0 radical (unpaired) electrons. The van der Waals surface area contributed by atoms with E-state index in [1.165, 1.54) is 41.0 Å². The summed E-state index contributed by atoms with van der Waals surface area (Å²) >= 11 is 0. The molecule has 436 valence electrons.